The molecule has 4 aliphatic rings. The van der Waals surface area contributed by atoms with Gasteiger partial charge in [-0.05, 0) is 44.7 Å². The van der Waals surface area contributed by atoms with Crippen molar-refractivity contribution < 1.29 is 14.7 Å². The maximum absolute atomic E-state index is 13.3. The predicted octanol–water partition coefficient (Wildman–Crippen LogP) is 2.13. The van der Waals surface area contributed by atoms with Crippen LogP contribution in [0.1, 0.15) is 56.9 Å². The summed E-state index contributed by atoms with van der Waals surface area (Å²) in [4.78, 5) is 28.9. The van der Waals surface area contributed by atoms with Crippen LogP contribution >= 0.6 is 0 Å². The summed E-state index contributed by atoms with van der Waals surface area (Å²) >= 11 is 0. The molecular formula is C22H29N3O3. The number of para-hydroxylation sites is 1. The van der Waals surface area contributed by atoms with Crippen molar-refractivity contribution in [3.63, 3.8) is 0 Å². The first-order chi connectivity index (χ1) is 13.5. The number of hydrogen-bond acceptors (Lipinski definition) is 4. The minimum absolute atomic E-state index is 0.0744. The number of anilines is 1. The summed E-state index contributed by atoms with van der Waals surface area (Å²) < 4.78 is 0. The smallest absolute Gasteiger partial charge is 0.250 e. The van der Waals surface area contributed by atoms with Crippen molar-refractivity contribution in [2.75, 3.05) is 18.4 Å². The third-order valence-electron chi connectivity index (χ3n) is 7.47. The molecule has 6 nitrogen and oxygen atoms in total. The average molecular weight is 383 g/mol. The van der Waals surface area contributed by atoms with Gasteiger partial charge in [-0.25, -0.2) is 0 Å². The second-order valence-electron chi connectivity index (χ2n) is 9.05. The Labute approximate surface area is 165 Å². The van der Waals surface area contributed by atoms with Crippen LogP contribution in [0.5, 0.6) is 0 Å². The maximum Gasteiger partial charge on any atom is 0.250 e. The van der Waals surface area contributed by atoms with E-state index in [9.17, 15) is 14.7 Å². The molecule has 3 aliphatic heterocycles. The summed E-state index contributed by atoms with van der Waals surface area (Å²) in [7, 11) is 0. The van der Waals surface area contributed by atoms with Gasteiger partial charge >= 0.3 is 0 Å². The van der Waals surface area contributed by atoms with E-state index in [-0.39, 0.29) is 24.4 Å². The third-order valence-corrected chi connectivity index (χ3v) is 7.47. The molecule has 2 saturated heterocycles. The lowest BCUT2D eigenvalue weighted by Gasteiger charge is -2.37. The fraction of sp³-hybridized carbons (Fsp3) is 0.636. The van der Waals surface area contributed by atoms with Crippen LogP contribution < -0.4 is 10.6 Å². The molecule has 150 valence electrons. The molecule has 6 heteroatoms. The van der Waals surface area contributed by atoms with Crippen LogP contribution in [-0.2, 0) is 15.1 Å². The summed E-state index contributed by atoms with van der Waals surface area (Å²) in [5.74, 6) is -0.594. The molecule has 3 heterocycles. The lowest BCUT2D eigenvalue weighted by Crippen LogP contribution is -2.55. The van der Waals surface area contributed by atoms with Gasteiger partial charge in [-0.3, -0.25) is 14.5 Å². The van der Waals surface area contributed by atoms with Gasteiger partial charge < -0.3 is 15.7 Å². The Morgan fingerprint density at radius 3 is 2.82 bits per heavy atom. The predicted molar refractivity (Wildman–Crippen MR) is 106 cm³/mol. The second-order valence-corrected chi connectivity index (χ2v) is 9.05. The lowest BCUT2D eigenvalue weighted by atomic mass is 9.78. The highest BCUT2D eigenvalue weighted by Crippen LogP contribution is 2.55. The van der Waals surface area contributed by atoms with E-state index in [1.54, 1.807) is 0 Å². The number of benzene rings is 1. The molecule has 0 aromatic heterocycles. The number of rotatable bonds is 3. The topological polar surface area (TPSA) is 81.7 Å². The molecule has 1 saturated carbocycles. The molecule has 1 aliphatic carbocycles. The van der Waals surface area contributed by atoms with E-state index in [2.05, 4.69) is 15.5 Å². The van der Waals surface area contributed by atoms with Gasteiger partial charge in [0.05, 0.1) is 11.5 Å². The molecule has 0 unspecified atom stereocenters. The summed E-state index contributed by atoms with van der Waals surface area (Å²) in [6.45, 7) is 1.13. The van der Waals surface area contributed by atoms with Gasteiger partial charge in [-0.1, -0.05) is 37.5 Å². The Morgan fingerprint density at radius 1 is 1.21 bits per heavy atom. The Balaban J connectivity index is 1.45. The number of nitrogens with one attached hydrogen (secondary N) is 2. The highest BCUT2D eigenvalue weighted by molar-refractivity contribution is 6.09. The number of aliphatic hydroxyl groups is 1. The van der Waals surface area contributed by atoms with Crippen molar-refractivity contribution >= 4 is 17.5 Å². The first kappa shape index (κ1) is 18.1. The van der Waals surface area contributed by atoms with Crippen molar-refractivity contribution in [1.29, 1.82) is 0 Å². The molecular weight excluding hydrogens is 354 g/mol. The standard InChI is InChI=1S/C22H29N3O3/c26-19(23-14-21(28)10-4-1-5-11-21)17-13-15-7-6-12-25(15)22(17)16-8-2-3-9-18(16)24-20(22)27/h2-3,8-9,15,17,28H,1,4-7,10-14H2,(H,23,26)(H,24,27)/t15-,17+,22+/m1/s1. The number of hydrogen-bond donors (Lipinski definition) is 3. The van der Waals surface area contributed by atoms with Gasteiger partial charge in [0.15, 0.2) is 0 Å². The largest absolute Gasteiger partial charge is 0.388 e. The van der Waals surface area contributed by atoms with Crippen LogP contribution in [-0.4, -0.2) is 46.6 Å². The molecule has 1 spiro atoms. The second kappa shape index (κ2) is 6.56. The number of amides is 2. The van der Waals surface area contributed by atoms with Crippen molar-refractivity contribution in [2.24, 2.45) is 5.92 Å². The highest BCUT2D eigenvalue weighted by atomic mass is 16.3. The number of carbonyl (C=O) groups excluding carboxylic acids is 2. The quantitative estimate of drug-likeness (QED) is 0.747. The minimum atomic E-state index is -0.906. The Kier molecular flexibility index (Phi) is 4.25. The number of nitrogens with zero attached hydrogens (tertiary/aromatic N) is 1. The SMILES string of the molecule is O=C(NCC1(O)CCCCC1)[C@@H]1C[C@H]2CCCN2[C@]12C(=O)Nc1ccccc12. The molecule has 0 radical (unpaired) electrons. The highest BCUT2D eigenvalue weighted by Gasteiger charge is 2.65. The Hall–Kier alpha value is -1.92. The monoisotopic (exact) mass is 383 g/mol. The van der Waals surface area contributed by atoms with Crippen molar-refractivity contribution in [3.05, 3.63) is 29.8 Å². The number of fused-ring (bicyclic) bond motifs is 4. The zero-order valence-corrected chi connectivity index (χ0v) is 16.2. The van der Waals surface area contributed by atoms with E-state index in [0.29, 0.717) is 6.42 Å². The zero-order valence-electron chi connectivity index (χ0n) is 16.2. The van der Waals surface area contributed by atoms with Gasteiger partial charge in [-0.2, -0.15) is 0 Å². The lowest BCUT2D eigenvalue weighted by molar-refractivity contribution is -0.138. The van der Waals surface area contributed by atoms with Crippen LogP contribution in [0.25, 0.3) is 0 Å². The zero-order chi connectivity index (χ0) is 19.4. The minimum Gasteiger partial charge on any atom is -0.388 e. The van der Waals surface area contributed by atoms with Crippen LogP contribution in [0.15, 0.2) is 24.3 Å². The third kappa shape index (κ3) is 2.54. The van der Waals surface area contributed by atoms with Gasteiger partial charge in [0, 0.05) is 23.8 Å². The van der Waals surface area contributed by atoms with Crippen molar-refractivity contribution in [2.45, 2.75) is 68.5 Å². The summed E-state index contributed by atoms with van der Waals surface area (Å²) in [5, 5.41) is 16.8. The average Bonchev–Trinajstić information content (AvgIpc) is 3.35. The molecule has 0 bridgehead atoms. The van der Waals surface area contributed by atoms with E-state index >= 15 is 0 Å². The van der Waals surface area contributed by atoms with E-state index in [1.807, 2.05) is 24.3 Å². The summed E-state index contributed by atoms with van der Waals surface area (Å²) in [6, 6.07) is 8.05. The van der Waals surface area contributed by atoms with Crippen LogP contribution in [0.3, 0.4) is 0 Å². The van der Waals surface area contributed by atoms with Crippen LogP contribution in [0.2, 0.25) is 0 Å². The van der Waals surface area contributed by atoms with Gasteiger partial charge in [0.2, 0.25) is 11.8 Å². The van der Waals surface area contributed by atoms with Crippen molar-refractivity contribution in [1.82, 2.24) is 10.2 Å². The summed E-state index contributed by atoms with van der Waals surface area (Å²) in [6.07, 6.45) is 7.43. The molecule has 2 amide bonds. The van der Waals surface area contributed by atoms with E-state index < -0.39 is 17.1 Å². The van der Waals surface area contributed by atoms with Crippen LogP contribution in [0, 0.1) is 5.92 Å². The Morgan fingerprint density at radius 2 is 2.00 bits per heavy atom. The first-order valence-corrected chi connectivity index (χ1v) is 10.7. The van der Waals surface area contributed by atoms with Crippen molar-refractivity contribution in [3.8, 4) is 0 Å². The first-order valence-electron chi connectivity index (χ1n) is 10.7. The fourth-order valence-electron chi connectivity index (χ4n) is 6.14. The molecule has 28 heavy (non-hydrogen) atoms. The summed E-state index contributed by atoms with van der Waals surface area (Å²) in [5.41, 5.74) is 0.0487. The van der Waals surface area contributed by atoms with Gasteiger partial charge in [-0.15, -0.1) is 0 Å². The fourth-order valence-corrected chi connectivity index (χ4v) is 6.14. The molecule has 5 rings (SSSR count). The van der Waals surface area contributed by atoms with E-state index in [0.717, 1.165) is 62.7 Å². The van der Waals surface area contributed by atoms with Gasteiger partial charge in [0.1, 0.15) is 5.54 Å². The normalized spacial score (nSPS) is 33.5. The van der Waals surface area contributed by atoms with Gasteiger partial charge in [0.25, 0.3) is 0 Å². The van der Waals surface area contributed by atoms with E-state index in [1.165, 1.54) is 0 Å². The number of carbonyl (C=O) groups is 2. The molecule has 3 fully saturated rings. The van der Waals surface area contributed by atoms with Crippen LogP contribution in [0.4, 0.5) is 5.69 Å². The Bertz CT molecular complexity index is 804. The molecule has 1 aromatic carbocycles. The molecule has 1 aromatic rings. The molecule has 3 atom stereocenters. The molecule has 3 N–H and O–H groups in total. The maximum atomic E-state index is 13.3. The van der Waals surface area contributed by atoms with E-state index in [4.69, 9.17) is 0 Å².